The van der Waals surface area contributed by atoms with E-state index in [-0.39, 0.29) is 48.8 Å². The van der Waals surface area contributed by atoms with E-state index in [2.05, 4.69) is 108 Å². The maximum absolute atomic E-state index is 5.34. The van der Waals surface area contributed by atoms with Crippen molar-refractivity contribution >= 4 is 37.2 Å². The number of aromatic amines is 1. The van der Waals surface area contributed by atoms with Crippen LogP contribution in [0, 0.1) is 6.92 Å². The van der Waals surface area contributed by atoms with Gasteiger partial charge in [0.1, 0.15) is 11.6 Å². The molecule has 1 saturated heterocycles. The van der Waals surface area contributed by atoms with Crippen LogP contribution in [0.4, 0.5) is 0 Å². The highest BCUT2D eigenvalue weighted by atomic mass is 35.5. The molecule has 4 aromatic rings. The number of ether oxygens (including phenoxy) is 1. The van der Waals surface area contributed by atoms with E-state index in [4.69, 9.17) is 9.72 Å². The van der Waals surface area contributed by atoms with Gasteiger partial charge in [0.15, 0.2) is 0 Å². The van der Waals surface area contributed by atoms with E-state index in [0.717, 1.165) is 67.4 Å². The van der Waals surface area contributed by atoms with Gasteiger partial charge in [0.05, 0.1) is 24.4 Å². The fourth-order valence-electron chi connectivity index (χ4n) is 5.91. The number of nitrogens with one attached hydrogen (secondary N) is 2. The topological polar surface area (TPSA) is 53.2 Å². The molecule has 2 heterocycles. The third kappa shape index (κ3) is 7.20. The molecular formula is C32H41Cl3N4O. The molecule has 1 aliphatic rings. The maximum Gasteiger partial charge on any atom is 0.137 e. The molecule has 8 heteroatoms. The summed E-state index contributed by atoms with van der Waals surface area (Å²) in [6.07, 6.45) is 3.21. The van der Waals surface area contributed by atoms with Gasteiger partial charge in [0.25, 0.3) is 0 Å². The molecule has 0 saturated carbocycles. The largest absolute Gasteiger partial charge is 0.497 e. The van der Waals surface area contributed by atoms with Gasteiger partial charge in [-0.25, -0.2) is 4.98 Å². The van der Waals surface area contributed by atoms with Crippen LogP contribution >= 0.6 is 37.2 Å². The molecule has 2 N–H and O–H groups in total. The Morgan fingerprint density at radius 3 is 2.23 bits per heavy atom. The van der Waals surface area contributed by atoms with Crippen molar-refractivity contribution in [1.82, 2.24) is 20.2 Å². The van der Waals surface area contributed by atoms with Gasteiger partial charge in [-0.1, -0.05) is 72.8 Å². The number of hydrogen-bond donors (Lipinski definition) is 2. The first-order chi connectivity index (χ1) is 18.1. The Hall–Kier alpha value is -2.54. The zero-order chi connectivity index (χ0) is 25.7. The second-order valence-electron chi connectivity index (χ2n) is 10.1. The smallest absolute Gasteiger partial charge is 0.137 e. The molecule has 2 unspecified atom stereocenters. The zero-order valence-corrected chi connectivity index (χ0v) is 25.9. The lowest BCUT2D eigenvalue weighted by molar-refractivity contribution is 0.0110. The van der Waals surface area contributed by atoms with Crippen molar-refractivity contribution in [3.05, 3.63) is 107 Å². The molecule has 0 aliphatic carbocycles. The number of imidazole rings is 1. The molecule has 5 rings (SSSR count). The average Bonchev–Trinajstić information content (AvgIpc) is 3.35. The predicted molar refractivity (Wildman–Crippen MR) is 173 cm³/mol. The van der Waals surface area contributed by atoms with Crippen LogP contribution in [-0.2, 0) is 12.0 Å². The molecule has 0 spiro atoms. The Kier molecular flexibility index (Phi) is 13.0. The van der Waals surface area contributed by atoms with Crippen LogP contribution in [-0.4, -0.2) is 41.6 Å². The summed E-state index contributed by atoms with van der Waals surface area (Å²) in [7, 11) is 1.72. The summed E-state index contributed by atoms with van der Waals surface area (Å²) in [6.45, 7) is 7.36. The number of nitrogens with zero attached hydrogens (tertiary/aromatic N) is 2. The summed E-state index contributed by atoms with van der Waals surface area (Å²) in [5.41, 5.74) is 6.02. The van der Waals surface area contributed by atoms with Gasteiger partial charge in [0.2, 0.25) is 0 Å². The van der Waals surface area contributed by atoms with Crippen molar-refractivity contribution in [2.24, 2.45) is 0 Å². The lowest BCUT2D eigenvalue weighted by atomic mass is 9.80. The molecule has 3 aromatic carbocycles. The average molecular weight is 604 g/mol. The molecule has 0 bridgehead atoms. The molecule has 0 radical (unpaired) electrons. The molecule has 5 nitrogen and oxygen atoms in total. The van der Waals surface area contributed by atoms with E-state index < -0.39 is 0 Å². The fourth-order valence-corrected chi connectivity index (χ4v) is 5.91. The van der Waals surface area contributed by atoms with Crippen LogP contribution in [0.5, 0.6) is 5.75 Å². The lowest BCUT2D eigenvalue weighted by Crippen LogP contribution is -2.59. The summed E-state index contributed by atoms with van der Waals surface area (Å²) >= 11 is 0. The molecule has 0 amide bonds. The number of piperazine rings is 1. The zero-order valence-electron chi connectivity index (χ0n) is 23.4. The van der Waals surface area contributed by atoms with E-state index in [1.807, 2.05) is 6.07 Å². The Morgan fingerprint density at radius 2 is 1.57 bits per heavy atom. The predicted octanol–water partition coefficient (Wildman–Crippen LogP) is 7.54. The first-order valence-electron chi connectivity index (χ1n) is 13.4. The van der Waals surface area contributed by atoms with E-state index in [1.165, 1.54) is 11.1 Å². The quantitative estimate of drug-likeness (QED) is 0.207. The van der Waals surface area contributed by atoms with Crippen molar-refractivity contribution in [3.63, 3.8) is 0 Å². The van der Waals surface area contributed by atoms with Gasteiger partial charge >= 0.3 is 0 Å². The second-order valence-corrected chi connectivity index (χ2v) is 10.1. The molecule has 2 atom stereocenters. The first-order valence-corrected chi connectivity index (χ1v) is 13.4. The highest BCUT2D eigenvalue weighted by Gasteiger charge is 2.43. The molecule has 40 heavy (non-hydrogen) atoms. The normalized spacial score (nSPS) is 17.6. The Balaban J connectivity index is 0.00000187. The lowest BCUT2D eigenvalue weighted by Gasteiger charge is -2.51. The highest BCUT2D eigenvalue weighted by Crippen LogP contribution is 2.41. The number of benzene rings is 3. The van der Waals surface area contributed by atoms with E-state index >= 15 is 0 Å². The van der Waals surface area contributed by atoms with Crippen LogP contribution in [0.1, 0.15) is 48.3 Å². The van der Waals surface area contributed by atoms with Crippen LogP contribution in [0.2, 0.25) is 0 Å². The number of H-pyrrole nitrogens is 1. The van der Waals surface area contributed by atoms with Gasteiger partial charge in [-0.3, -0.25) is 4.90 Å². The number of methoxy groups -OCH3 is 1. The maximum atomic E-state index is 5.34. The van der Waals surface area contributed by atoms with Gasteiger partial charge in [-0.15, -0.1) is 37.2 Å². The third-order valence-corrected chi connectivity index (χ3v) is 7.86. The second kappa shape index (κ2) is 15.5. The molecule has 1 aromatic heterocycles. The van der Waals surface area contributed by atoms with Crippen molar-refractivity contribution in [2.75, 3.05) is 26.7 Å². The van der Waals surface area contributed by atoms with Crippen LogP contribution in [0.15, 0.2) is 84.9 Å². The van der Waals surface area contributed by atoms with Gasteiger partial charge in [-0.05, 0) is 56.4 Å². The number of rotatable bonds is 9. The van der Waals surface area contributed by atoms with Gasteiger partial charge in [0, 0.05) is 30.9 Å². The minimum absolute atomic E-state index is 0. The molecule has 216 valence electrons. The number of aromatic nitrogens is 2. The Morgan fingerprint density at radius 1 is 0.925 bits per heavy atom. The van der Waals surface area contributed by atoms with E-state index in [1.54, 1.807) is 7.11 Å². The SMILES string of the molecule is COc1ccc(CCCC2(c3ccccc3)CNCCN2C(C)c2nc(-c3ccccc3)[nH]c2C)cc1.Cl.Cl.Cl. The van der Waals surface area contributed by atoms with Crippen LogP contribution < -0.4 is 10.1 Å². The van der Waals surface area contributed by atoms with Crippen molar-refractivity contribution < 1.29 is 4.74 Å². The summed E-state index contributed by atoms with van der Waals surface area (Å²) in [4.78, 5) is 11.4. The summed E-state index contributed by atoms with van der Waals surface area (Å²) < 4.78 is 5.34. The minimum atomic E-state index is -0.107. The standard InChI is InChI=1S/C32H38N4O.3ClH/c1-24-30(35-31(34-24)27-12-6-4-7-13-27)25(2)36-22-21-33-23-32(36,28-14-8-5-9-15-28)20-10-11-26-16-18-29(37-3)19-17-26;;;/h4-9,12-19,25,33H,10-11,20-23H2,1-3H3,(H,34,35);3*1H. The monoisotopic (exact) mass is 602 g/mol. The third-order valence-electron chi connectivity index (χ3n) is 7.86. The number of aryl methyl sites for hydroxylation is 2. The highest BCUT2D eigenvalue weighted by molar-refractivity contribution is 5.86. The van der Waals surface area contributed by atoms with Crippen LogP contribution in [0.25, 0.3) is 11.4 Å². The Labute approximate surface area is 257 Å². The van der Waals surface area contributed by atoms with Gasteiger partial charge < -0.3 is 15.0 Å². The van der Waals surface area contributed by atoms with Crippen molar-refractivity contribution in [3.8, 4) is 17.1 Å². The fraction of sp³-hybridized carbons (Fsp3) is 0.344. The van der Waals surface area contributed by atoms with Gasteiger partial charge in [-0.2, -0.15) is 0 Å². The van der Waals surface area contributed by atoms with E-state index in [0.29, 0.717) is 0 Å². The summed E-state index contributed by atoms with van der Waals surface area (Å²) in [5, 5.41) is 3.73. The Bertz CT molecular complexity index is 1280. The summed E-state index contributed by atoms with van der Waals surface area (Å²) in [5.74, 6) is 1.85. The molecule has 1 aliphatic heterocycles. The molecular weight excluding hydrogens is 563 g/mol. The van der Waals surface area contributed by atoms with E-state index in [9.17, 15) is 0 Å². The minimum Gasteiger partial charge on any atom is -0.497 e. The first kappa shape index (κ1) is 33.7. The number of halogens is 3. The van der Waals surface area contributed by atoms with Crippen molar-refractivity contribution in [1.29, 1.82) is 0 Å². The summed E-state index contributed by atoms with van der Waals surface area (Å²) in [6, 6.07) is 30.1. The van der Waals surface area contributed by atoms with Crippen LogP contribution in [0.3, 0.4) is 0 Å². The molecule has 1 fully saturated rings. The number of hydrogen-bond acceptors (Lipinski definition) is 4. The van der Waals surface area contributed by atoms with Crippen molar-refractivity contribution in [2.45, 2.75) is 44.7 Å².